The highest BCUT2D eigenvalue weighted by molar-refractivity contribution is 7.42. The normalized spacial score (nSPS) is 50.4. The van der Waals surface area contributed by atoms with Gasteiger partial charge in [-0.05, 0) is 136 Å². The predicted octanol–water partition coefficient (Wildman–Crippen LogP) is 8.24. The smallest absolute Gasteiger partial charge is 0.0223 e. The van der Waals surface area contributed by atoms with E-state index in [0.29, 0.717) is 0 Å². The van der Waals surface area contributed by atoms with Crippen molar-refractivity contribution >= 4 is 31.8 Å². The fourth-order valence-electron chi connectivity index (χ4n) is 9.46. The molecule has 8 saturated carbocycles. The van der Waals surface area contributed by atoms with Crippen LogP contribution in [0.5, 0.6) is 0 Å². The van der Waals surface area contributed by atoms with Gasteiger partial charge in [0.05, 0.1) is 0 Å². The summed E-state index contributed by atoms with van der Waals surface area (Å²) >= 11 is 10.8. The van der Waals surface area contributed by atoms with Crippen molar-refractivity contribution in [3.63, 3.8) is 0 Å². The van der Waals surface area contributed by atoms with Gasteiger partial charge in [0.2, 0.25) is 0 Å². The number of halogens is 2. The van der Waals surface area contributed by atoms with E-state index in [0.717, 1.165) is 70.4 Å². The minimum atomic E-state index is 0.775. The van der Waals surface area contributed by atoms with Gasteiger partial charge in [0.25, 0.3) is 0 Å². The molecule has 0 heterocycles. The molecule has 8 aliphatic rings. The fraction of sp³-hybridized carbons (Fsp3) is 1.00. The standard InChI is InChI=1S/C20H31P.C5H10Cl2/c1-13-2-15-3-14(1)8-19(7-13,9-15)21-20-10-16-4-17(11-20)6-18(5-16)12-20;6-4-2-1-3-5-7/h13-18,21H,1-12H2;1-5H2. The summed E-state index contributed by atoms with van der Waals surface area (Å²) in [5, 5.41) is 1.75. The van der Waals surface area contributed by atoms with Crippen LogP contribution in [0.25, 0.3) is 0 Å². The Balaban J connectivity index is 0.000000213. The Morgan fingerprint density at radius 1 is 0.500 bits per heavy atom. The summed E-state index contributed by atoms with van der Waals surface area (Å²) in [6.45, 7) is 0. The minimum absolute atomic E-state index is 0.775. The van der Waals surface area contributed by atoms with Crippen molar-refractivity contribution in [1.29, 1.82) is 0 Å². The second-order valence-corrected chi connectivity index (χ2v) is 15.1. The Labute approximate surface area is 185 Å². The summed E-state index contributed by atoms with van der Waals surface area (Å²) in [7, 11) is 1.38. The van der Waals surface area contributed by atoms with Gasteiger partial charge in [-0.1, -0.05) is 6.42 Å². The van der Waals surface area contributed by atoms with E-state index in [9.17, 15) is 0 Å². The summed E-state index contributed by atoms with van der Waals surface area (Å²) in [4.78, 5) is 0. The molecule has 3 heteroatoms. The van der Waals surface area contributed by atoms with E-state index >= 15 is 0 Å². The molecular weight excluding hydrogens is 402 g/mol. The van der Waals surface area contributed by atoms with Crippen LogP contribution in [0, 0.1) is 35.5 Å². The molecule has 0 aromatic heterocycles. The lowest BCUT2D eigenvalue weighted by Crippen LogP contribution is -2.53. The van der Waals surface area contributed by atoms with E-state index in [1.165, 1.54) is 15.0 Å². The Hall–Kier alpha value is 1.01. The SMILES string of the molecule is C1C2CC3CC1CC(PC14CC5CC(CC(C5)C1)C4)(C2)C3.ClCCCCCCl. The van der Waals surface area contributed by atoms with Crippen LogP contribution < -0.4 is 0 Å². The highest BCUT2D eigenvalue weighted by Gasteiger charge is 2.57. The molecule has 0 aromatic carbocycles. The molecule has 0 unspecified atom stereocenters. The van der Waals surface area contributed by atoms with E-state index in [-0.39, 0.29) is 0 Å². The van der Waals surface area contributed by atoms with Gasteiger partial charge in [0.15, 0.2) is 0 Å². The second kappa shape index (κ2) is 8.51. The van der Waals surface area contributed by atoms with Crippen molar-refractivity contribution in [2.75, 3.05) is 11.8 Å². The lowest BCUT2D eigenvalue weighted by atomic mass is 9.55. The average molecular weight is 443 g/mol. The van der Waals surface area contributed by atoms with Gasteiger partial charge in [-0.2, -0.15) is 0 Å². The molecule has 160 valence electrons. The average Bonchev–Trinajstić information content (AvgIpc) is 2.59. The van der Waals surface area contributed by atoms with Crippen LogP contribution in [0.4, 0.5) is 0 Å². The Morgan fingerprint density at radius 2 is 0.786 bits per heavy atom. The number of alkyl halides is 2. The molecule has 0 saturated heterocycles. The molecule has 8 aliphatic carbocycles. The number of hydrogen-bond donors (Lipinski definition) is 0. The zero-order valence-electron chi connectivity index (χ0n) is 17.7. The number of unbranched alkanes of at least 4 members (excludes halogenated alkanes) is 2. The first-order valence-electron chi connectivity index (χ1n) is 12.5. The predicted molar refractivity (Wildman–Crippen MR) is 125 cm³/mol. The molecule has 8 fully saturated rings. The zero-order valence-corrected chi connectivity index (χ0v) is 20.3. The molecule has 0 aromatic rings. The van der Waals surface area contributed by atoms with Crippen molar-refractivity contribution in [2.45, 2.75) is 107 Å². The Bertz CT molecular complexity index is 428. The molecule has 0 radical (unpaired) electrons. The van der Waals surface area contributed by atoms with Crippen LogP contribution in [0.2, 0.25) is 0 Å². The van der Waals surface area contributed by atoms with E-state index < -0.39 is 0 Å². The maximum absolute atomic E-state index is 5.39. The lowest BCUT2D eigenvalue weighted by molar-refractivity contribution is 0.0210. The van der Waals surface area contributed by atoms with E-state index in [1.807, 2.05) is 0 Å². The van der Waals surface area contributed by atoms with Crippen molar-refractivity contribution < 1.29 is 0 Å². The van der Waals surface area contributed by atoms with E-state index in [4.69, 9.17) is 23.2 Å². The zero-order chi connectivity index (χ0) is 19.2. The summed E-state index contributed by atoms with van der Waals surface area (Å²) < 4.78 is 0. The van der Waals surface area contributed by atoms with Gasteiger partial charge >= 0.3 is 0 Å². The monoisotopic (exact) mass is 442 g/mol. The molecule has 0 nitrogen and oxygen atoms in total. The summed E-state index contributed by atoms with van der Waals surface area (Å²) in [5.74, 6) is 8.54. The van der Waals surface area contributed by atoms with Crippen molar-refractivity contribution in [3.8, 4) is 0 Å². The highest BCUT2D eigenvalue weighted by Crippen LogP contribution is 2.71. The first-order chi connectivity index (χ1) is 13.6. The summed E-state index contributed by atoms with van der Waals surface area (Å²) in [5.41, 5.74) is 0. The van der Waals surface area contributed by atoms with Crippen LogP contribution in [0.3, 0.4) is 0 Å². The second-order valence-electron chi connectivity index (χ2n) is 12.0. The lowest BCUT2D eigenvalue weighted by Gasteiger charge is -2.63. The van der Waals surface area contributed by atoms with Crippen LogP contribution in [0.15, 0.2) is 0 Å². The van der Waals surface area contributed by atoms with Crippen LogP contribution in [0.1, 0.15) is 96.3 Å². The summed E-state index contributed by atoms with van der Waals surface area (Å²) in [6.07, 6.45) is 23.2. The maximum Gasteiger partial charge on any atom is 0.0223 e. The van der Waals surface area contributed by atoms with Crippen LogP contribution in [-0.2, 0) is 0 Å². The molecule has 0 spiro atoms. The van der Waals surface area contributed by atoms with Gasteiger partial charge in [-0.15, -0.1) is 31.8 Å². The molecule has 0 aliphatic heterocycles. The Morgan fingerprint density at radius 3 is 1.04 bits per heavy atom. The van der Waals surface area contributed by atoms with Crippen molar-refractivity contribution in [1.82, 2.24) is 0 Å². The molecule has 8 rings (SSSR count). The topological polar surface area (TPSA) is 0 Å². The van der Waals surface area contributed by atoms with Gasteiger partial charge in [-0.25, -0.2) is 0 Å². The first-order valence-corrected chi connectivity index (χ1v) is 14.6. The first kappa shape index (κ1) is 20.9. The summed E-state index contributed by atoms with van der Waals surface area (Å²) in [6, 6.07) is 0. The van der Waals surface area contributed by atoms with Crippen LogP contribution in [-0.4, -0.2) is 22.1 Å². The largest absolute Gasteiger partial charge is 0.127 e. The number of rotatable bonds is 6. The molecule has 0 atom stereocenters. The van der Waals surface area contributed by atoms with Gasteiger partial charge in [0, 0.05) is 11.8 Å². The number of hydrogen-bond acceptors (Lipinski definition) is 0. The third-order valence-electron chi connectivity index (χ3n) is 9.37. The third-order valence-corrected chi connectivity index (χ3v) is 12.2. The molecular formula is C25H41Cl2P. The minimum Gasteiger partial charge on any atom is -0.127 e. The maximum atomic E-state index is 5.39. The van der Waals surface area contributed by atoms with Gasteiger partial charge in [-0.3, -0.25) is 0 Å². The quantitative estimate of drug-likeness (QED) is 0.220. The van der Waals surface area contributed by atoms with Gasteiger partial charge in [0.1, 0.15) is 0 Å². The van der Waals surface area contributed by atoms with Crippen molar-refractivity contribution in [2.24, 2.45) is 35.5 Å². The Kier molecular flexibility index (Phi) is 6.35. The van der Waals surface area contributed by atoms with E-state index in [1.54, 1.807) is 77.0 Å². The van der Waals surface area contributed by atoms with Gasteiger partial charge < -0.3 is 0 Å². The molecule has 28 heavy (non-hydrogen) atoms. The molecule has 0 amide bonds. The van der Waals surface area contributed by atoms with E-state index in [2.05, 4.69) is 0 Å². The molecule has 8 bridgehead atoms. The van der Waals surface area contributed by atoms with Crippen LogP contribution >= 0.6 is 31.8 Å². The highest BCUT2D eigenvalue weighted by atomic mass is 35.5. The fourth-order valence-corrected chi connectivity index (χ4v) is 13.3. The third kappa shape index (κ3) is 4.32. The molecule has 0 N–H and O–H groups in total. The van der Waals surface area contributed by atoms with Crippen molar-refractivity contribution in [3.05, 3.63) is 0 Å².